The van der Waals surface area contributed by atoms with Crippen molar-refractivity contribution in [3.8, 4) is 0 Å². The molecule has 3 heterocycles. The van der Waals surface area contributed by atoms with Crippen LogP contribution in [-0.2, 0) is 4.79 Å². The van der Waals surface area contributed by atoms with Gasteiger partial charge in [0, 0.05) is 38.3 Å². The number of pyridine rings is 1. The molecule has 3 fully saturated rings. The Labute approximate surface area is 157 Å². The molecule has 1 atom stereocenters. The third-order valence-corrected chi connectivity index (χ3v) is 6.85. The first-order valence-electron chi connectivity index (χ1n) is 10.4. The smallest absolute Gasteiger partial charge is 0.226 e. The highest BCUT2D eigenvalue weighted by Crippen LogP contribution is 2.59. The van der Waals surface area contributed by atoms with Crippen molar-refractivity contribution >= 4 is 11.7 Å². The van der Waals surface area contributed by atoms with Crippen LogP contribution in [0.5, 0.6) is 0 Å². The molecular weight excluding hydrogens is 324 g/mol. The van der Waals surface area contributed by atoms with Crippen molar-refractivity contribution in [3.63, 3.8) is 0 Å². The monoisotopic (exact) mass is 356 g/mol. The fourth-order valence-corrected chi connectivity index (χ4v) is 4.97. The van der Waals surface area contributed by atoms with E-state index in [1.165, 1.54) is 12.8 Å². The summed E-state index contributed by atoms with van der Waals surface area (Å²) in [7, 11) is 0. The minimum absolute atomic E-state index is 0.304. The summed E-state index contributed by atoms with van der Waals surface area (Å²) in [5, 5.41) is 3.43. The summed E-state index contributed by atoms with van der Waals surface area (Å²) < 4.78 is 0. The molecule has 3 aliphatic rings. The van der Waals surface area contributed by atoms with E-state index >= 15 is 0 Å². The lowest BCUT2D eigenvalue weighted by atomic mass is 9.91. The van der Waals surface area contributed by atoms with Crippen LogP contribution >= 0.6 is 0 Å². The third kappa shape index (κ3) is 3.59. The van der Waals surface area contributed by atoms with Gasteiger partial charge in [-0.1, -0.05) is 6.07 Å². The van der Waals surface area contributed by atoms with E-state index in [0.29, 0.717) is 23.2 Å². The van der Waals surface area contributed by atoms with Crippen LogP contribution in [0.1, 0.15) is 39.0 Å². The molecule has 2 aliphatic heterocycles. The van der Waals surface area contributed by atoms with E-state index in [1.54, 1.807) is 0 Å². The Morgan fingerprint density at radius 1 is 1.31 bits per heavy atom. The second-order valence-electron chi connectivity index (χ2n) is 8.36. The highest BCUT2D eigenvalue weighted by molar-refractivity contribution is 5.82. The van der Waals surface area contributed by atoms with Crippen LogP contribution in [0, 0.1) is 17.3 Å². The Balaban J connectivity index is 1.29. The number of piperidine rings is 2. The fraction of sp³-hybridized carbons (Fsp3) is 0.714. The number of anilines is 1. The summed E-state index contributed by atoms with van der Waals surface area (Å²) in [5.41, 5.74) is 0.345. The summed E-state index contributed by atoms with van der Waals surface area (Å²) in [6.45, 7) is 8.20. The molecule has 0 bridgehead atoms. The molecule has 142 valence electrons. The van der Waals surface area contributed by atoms with E-state index < -0.39 is 0 Å². The van der Waals surface area contributed by atoms with E-state index in [9.17, 15) is 4.79 Å². The second-order valence-corrected chi connectivity index (χ2v) is 8.36. The van der Waals surface area contributed by atoms with Crippen molar-refractivity contribution in [3.05, 3.63) is 24.4 Å². The molecule has 5 nitrogen and oxygen atoms in total. The van der Waals surface area contributed by atoms with Gasteiger partial charge in [0.05, 0.1) is 0 Å². The molecule has 4 rings (SSSR count). The molecule has 26 heavy (non-hydrogen) atoms. The van der Waals surface area contributed by atoms with Crippen molar-refractivity contribution in [1.29, 1.82) is 0 Å². The Morgan fingerprint density at radius 3 is 2.73 bits per heavy atom. The number of carbonyl (C=O) groups is 1. The molecule has 1 aromatic rings. The normalized spacial score (nSPS) is 25.3. The van der Waals surface area contributed by atoms with Gasteiger partial charge < -0.3 is 15.1 Å². The molecule has 1 spiro atoms. The SMILES string of the molecule is CCN(CC1CCN(c2ccccn2)CC1)C(=O)C1CC12CCNCC2. The molecule has 1 aliphatic carbocycles. The fourth-order valence-electron chi connectivity index (χ4n) is 4.97. The van der Waals surface area contributed by atoms with Gasteiger partial charge in [0.25, 0.3) is 0 Å². The summed E-state index contributed by atoms with van der Waals surface area (Å²) in [6, 6.07) is 6.11. The quantitative estimate of drug-likeness (QED) is 0.881. The lowest BCUT2D eigenvalue weighted by Crippen LogP contribution is -2.42. The molecule has 1 saturated carbocycles. The zero-order chi connectivity index (χ0) is 18.0. The Kier molecular flexibility index (Phi) is 5.16. The average Bonchev–Trinajstić information content (AvgIpc) is 3.40. The van der Waals surface area contributed by atoms with Gasteiger partial charge in [-0.05, 0) is 75.6 Å². The lowest BCUT2D eigenvalue weighted by molar-refractivity contribution is -0.134. The summed E-state index contributed by atoms with van der Waals surface area (Å²) in [4.78, 5) is 22.1. The van der Waals surface area contributed by atoms with Gasteiger partial charge in [-0.15, -0.1) is 0 Å². The number of carbonyl (C=O) groups excluding carboxylic acids is 1. The number of rotatable bonds is 5. The standard InChI is InChI=1S/C21H32N4O/c1-2-24(20(26)18-15-21(18)8-11-22-12-9-21)16-17-6-13-25(14-7-17)19-5-3-4-10-23-19/h3-5,10,17-18,22H,2,6-9,11-16H2,1H3. The molecular formula is C21H32N4O. The first-order valence-corrected chi connectivity index (χ1v) is 10.4. The van der Waals surface area contributed by atoms with Crippen molar-refractivity contribution in [2.24, 2.45) is 17.3 Å². The Morgan fingerprint density at radius 2 is 2.08 bits per heavy atom. The summed E-state index contributed by atoms with van der Waals surface area (Å²) >= 11 is 0. The van der Waals surface area contributed by atoms with Crippen LogP contribution < -0.4 is 10.2 Å². The molecule has 5 heteroatoms. The molecule has 1 N–H and O–H groups in total. The molecule has 1 unspecified atom stereocenters. The van der Waals surface area contributed by atoms with Crippen LogP contribution in [0.25, 0.3) is 0 Å². The highest BCUT2D eigenvalue weighted by Gasteiger charge is 2.58. The van der Waals surface area contributed by atoms with Crippen LogP contribution in [0.15, 0.2) is 24.4 Å². The maximum absolute atomic E-state index is 13.1. The topological polar surface area (TPSA) is 48.5 Å². The maximum Gasteiger partial charge on any atom is 0.226 e. The van der Waals surface area contributed by atoms with Gasteiger partial charge in [0.2, 0.25) is 5.91 Å². The van der Waals surface area contributed by atoms with E-state index in [0.717, 1.165) is 64.3 Å². The largest absolute Gasteiger partial charge is 0.357 e. The molecule has 2 saturated heterocycles. The minimum Gasteiger partial charge on any atom is -0.357 e. The predicted octanol–water partition coefficient (Wildman–Crippen LogP) is 2.54. The van der Waals surface area contributed by atoms with Crippen molar-refractivity contribution in [2.75, 3.05) is 44.2 Å². The number of nitrogens with zero attached hydrogens (tertiary/aromatic N) is 3. The second kappa shape index (κ2) is 7.55. The molecule has 0 radical (unpaired) electrons. The molecule has 0 aromatic carbocycles. The number of amides is 1. The first-order chi connectivity index (χ1) is 12.7. The maximum atomic E-state index is 13.1. The van der Waals surface area contributed by atoms with Gasteiger partial charge in [0.1, 0.15) is 5.82 Å². The zero-order valence-corrected chi connectivity index (χ0v) is 16.0. The third-order valence-electron chi connectivity index (χ3n) is 6.85. The minimum atomic E-state index is 0.304. The number of hydrogen-bond acceptors (Lipinski definition) is 4. The van der Waals surface area contributed by atoms with E-state index in [1.807, 2.05) is 12.3 Å². The predicted molar refractivity (Wildman–Crippen MR) is 104 cm³/mol. The van der Waals surface area contributed by atoms with E-state index in [2.05, 4.69) is 39.2 Å². The number of aromatic nitrogens is 1. The van der Waals surface area contributed by atoms with Crippen molar-refractivity contribution in [1.82, 2.24) is 15.2 Å². The summed E-state index contributed by atoms with van der Waals surface area (Å²) in [5.74, 6) is 2.45. The van der Waals surface area contributed by atoms with Crippen LogP contribution in [0.3, 0.4) is 0 Å². The van der Waals surface area contributed by atoms with Crippen molar-refractivity contribution < 1.29 is 4.79 Å². The number of hydrogen-bond donors (Lipinski definition) is 1. The van der Waals surface area contributed by atoms with Gasteiger partial charge >= 0.3 is 0 Å². The van der Waals surface area contributed by atoms with Crippen molar-refractivity contribution in [2.45, 2.75) is 39.0 Å². The summed E-state index contributed by atoms with van der Waals surface area (Å²) in [6.07, 6.45) is 7.67. The van der Waals surface area contributed by atoms with Gasteiger partial charge in [-0.2, -0.15) is 0 Å². The van der Waals surface area contributed by atoms with Crippen LogP contribution in [0.2, 0.25) is 0 Å². The Hall–Kier alpha value is -1.62. The van der Waals surface area contributed by atoms with E-state index in [4.69, 9.17) is 0 Å². The molecule has 1 aromatic heterocycles. The Bertz CT molecular complexity index is 606. The van der Waals surface area contributed by atoms with E-state index in [-0.39, 0.29) is 0 Å². The van der Waals surface area contributed by atoms with Gasteiger partial charge in [-0.25, -0.2) is 4.98 Å². The van der Waals surface area contributed by atoms with Gasteiger partial charge in [-0.3, -0.25) is 4.79 Å². The van der Waals surface area contributed by atoms with Gasteiger partial charge in [0.15, 0.2) is 0 Å². The highest BCUT2D eigenvalue weighted by atomic mass is 16.2. The molecule has 1 amide bonds. The van der Waals surface area contributed by atoms with Crippen LogP contribution in [-0.4, -0.2) is 55.1 Å². The lowest BCUT2D eigenvalue weighted by Gasteiger charge is -2.35. The number of nitrogens with one attached hydrogen (secondary N) is 1. The van der Waals surface area contributed by atoms with Crippen LogP contribution in [0.4, 0.5) is 5.82 Å². The first kappa shape index (κ1) is 17.8. The average molecular weight is 357 g/mol. The zero-order valence-electron chi connectivity index (χ0n) is 16.0.